The lowest BCUT2D eigenvalue weighted by Crippen LogP contribution is -2.15. The summed E-state index contributed by atoms with van der Waals surface area (Å²) in [5.41, 5.74) is 1.58. The van der Waals surface area contributed by atoms with Crippen LogP contribution in [-0.4, -0.2) is 13.2 Å². The molecular weight excluding hydrogens is 281 g/mol. The molecule has 1 N–H and O–H groups in total. The zero-order chi connectivity index (χ0) is 13.9. The van der Waals surface area contributed by atoms with Crippen molar-refractivity contribution < 1.29 is 13.9 Å². The lowest BCUT2D eigenvalue weighted by atomic mass is 10.2. The molecule has 1 heterocycles. The van der Waals surface area contributed by atoms with Gasteiger partial charge in [-0.1, -0.05) is 23.7 Å². The maximum atomic E-state index is 13.3. The van der Waals surface area contributed by atoms with E-state index in [1.807, 2.05) is 18.2 Å². The Balaban J connectivity index is 1.73. The highest BCUT2D eigenvalue weighted by atomic mass is 35.5. The minimum absolute atomic E-state index is 0.151. The fourth-order valence-corrected chi connectivity index (χ4v) is 2.23. The smallest absolute Gasteiger partial charge is 0.163 e. The van der Waals surface area contributed by atoms with Crippen molar-refractivity contribution in [3.8, 4) is 11.5 Å². The number of anilines is 1. The van der Waals surface area contributed by atoms with Crippen molar-refractivity contribution in [2.45, 2.75) is 6.54 Å². The largest absolute Gasteiger partial charge is 0.486 e. The summed E-state index contributed by atoms with van der Waals surface area (Å²) in [7, 11) is 0. The molecule has 0 spiro atoms. The molecule has 0 unspecified atom stereocenters. The maximum Gasteiger partial charge on any atom is 0.163 e. The molecule has 20 heavy (non-hydrogen) atoms. The van der Waals surface area contributed by atoms with E-state index in [0.29, 0.717) is 31.1 Å². The molecule has 2 aromatic carbocycles. The average molecular weight is 294 g/mol. The Labute approximate surface area is 121 Å². The SMILES string of the molecule is Fc1cccc(CNc2ccc3c(c2)OCCO3)c1Cl. The van der Waals surface area contributed by atoms with Crippen molar-refractivity contribution in [3.05, 3.63) is 52.8 Å². The third-order valence-electron chi connectivity index (χ3n) is 3.06. The van der Waals surface area contributed by atoms with Gasteiger partial charge in [0.1, 0.15) is 19.0 Å². The molecule has 0 saturated heterocycles. The molecular formula is C15H13ClFNO2. The van der Waals surface area contributed by atoms with Gasteiger partial charge in [-0.05, 0) is 23.8 Å². The lowest BCUT2D eigenvalue weighted by molar-refractivity contribution is 0.171. The van der Waals surface area contributed by atoms with Crippen LogP contribution >= 0.6 is 11.6 Å². The van der Waals surface area contributed by atoms with Crippen LogP contribution in [0, 0.1) is 5.82 Å². The van der Waals surface area contributed by atoms with E-state index in [9.17, 15) is 4.39 Å². The summed E-state index contributed by atoms with van der Waals surface area (Å²) in [6.45, 7) is 1.56. The van der Waals surface area contributed by atoms with Crippen LogP contribution in [0.25, 0.3) is 0 Å². The van der Waals surface area contributed by atoms with Crippen molar-refractivity contribution in [2.24, 2.45) is 0 Å². The van der Waals surface area contributed by atoms with Crippen molar-refractivity contribution in [3.63, 3.8) is 0 Å². The first-order valence-corrected chi connectivity index (χ1v) is 6.68. The van der Waals surface area contributed by atoms with Gasteiger partial charge < -0.3 is 14.8 Å². The first-order valence-electron chi connectivity index (χ1n) is 6.30. The molecule has 1 aliphatic rings. The molecule has 0 bridgehead atoms. The molecule has 3 rings (SSSR count). The molecule has 2 aromatic rings. The predicted octanol–water partition coefficient (Wildman–Crippen LogP) is 3.86. The zero-order valence-electron chi connectivity index (χ0n) is 10.7. The van der Waals surface area contributed by atoms with Crippen molar-refractivity contribution in [2.75, 3.05) is 18.5 Å². The van der Waals surface area contributed by atoms with E-state index in [1.54, 1.807) is 12.1 Å². The second kappa shape index (κ2) is 5.59. The summed E-state index contributed by atoms with van der Waals surface area (Å²) in [5.74, 6) is 1.05. The van der Waals surface area contributed by atoms with Gasteiger partial charge in [0.15, 0.2) is 11.5 Å². The topological polar surface area (TPSA) is 30.5 Å². The lowest BCUT2D eigenvalue weighted by Gasteiger charge is -2.19. The normalized spacial score (nSPS) is 13.1. The van der Waals surface area contributed by atoms with Crippen LogP contribution in [0.5, 0.6) is 11.5 Å². The molecule has 3 nitrogen and oxygen atoms in total. The molecule has 1 aliphatic heterocycles. The highest BCUT2D eigenvalue weighted by molar-refractivity contribution is 6.31. The third-order valence-corrected chi connectivity index (χ3v) is 3.48. The Kier molecular flexibility index (Phi) is 3.65. The number of ether oxygens (including phenoxy) is 2. The number of fused-ring (bicyclic) bond motifs is 1. The minimum Gasteiger partial charge on any atom is -0.486 e. The van der Waals surface area contributed by atoms with Crippen LogP contribution in [-0.2, 0) is 6.54 Å². The molecule has 0 radical (unpaired) electrons. The van der Waals surface area contributed by atoms with Gasteiger partial charge >= 0.3 is 0 Å². The average Bonchev–Trinajstić information content (AvgIpc) is 2.48. The highest BCUT2D eigenvalue weighted by Gasteiger charge is 2.12. The van der Waals surface area contributed by atoms with Gasteiger partial charge in [-0.15, -0.1) is 0 Å². The predicted molar refractivity (Wildman–Crippen MR) is 76.2 cm³/mol. The molecule has 0 aliphatic carbocycles. The maximum absolute atomic E-state index is 13.3. The van der Waals surface area contributed by atoms with Gasteiger partial charge in [-0.2, -0.15) is 0 Å². The van der Waals surface area contributed by atoms with Crippen molar-refractivity contribution in [1.29, 1.82) is 0 Å². The van der Waals surface area contributed by atoms with Crippen molar-refractivity contribution >= 4 is 17.3 Å². The summed E-state index contributed by atoms with van der Waals surface area (Å²) in [6, 6.07) is 10.4. The van der Waals surface area contributed by atoms with Crippen LogP contribution < -0.4 is 14.8 Å². The van der Waals surface area contributed by atoms with Crippen LogP contribution in [0.4, 0.5) is 10.1 Å². The van der Waals surface area contributed by atoms with Gasteiger partial charge in [0, 0.05) is 18.3 Å². The Morgan fingerprint density at radius 3 is 2.75 bits per heavy atom. The number of halogens is 2. The second-order valence-corrected chi connectivity index (χ2v) is 4.80. The minimum atomic E-state index is -0.409. The van der Waals surface area contributed by atoms with Crippen LogP contribution in [0.15, 0.2) is 36.4 Å². The molecule has 0 aromatic heterocycles. The van der Waals surface area contributed by atoms with E-state index in [4.69, 9.17) is 21.1 Å². The van der Waals surface area contributed by atoms with Gasteiger partial charge in [0.25, 0.3) is 0 Å². The number of benzene rings is 2. The second-order valence-electron chi connectivity index (χ2n) is 4.42. The molecule has 0 atom stereocenters. The van der Waals surface area contributed by atoms with E-state index in [2.05, 4.69) is 5.32 Å². The summed E-state index contributed by atoms with van der Waals surface area (Å²) in [4.78, 5) is 0. The van der Waals surface area contributed by atoms with Gasteiger partial charge in [-0.3, -0.25) is 0 Å². The zero-order valence-corrected chi connectivity index (χ0v) is 11.4. The van der Waals surface area contributed by atoms with E-state index >= 15 is 0 Å². The van der Waals surface area contributed by atoms with Crippen LogP contribution in [0.2, 0.25) is 5.02 Å². The highest BCUT2D eigenvalue weighted by Crippen LogP contribution is 2.33. The third kappa shape index (κ3) is 2.65. The molecule has 0 amide bonds. The van der Waals surface area contributed by atoms with Gasteiger partial charge in [0.2, 0.25) is 0 Å². The fourth-order valence-electron chi connectivity index (χ4n) is 2.04. The summed E-state index contributed by atoms with van der Waals surface area (Å²) in [5, 5.41) is 3.34. The summed E-state index contributed by atoms with van der Waals surface area (Å²) < 4.78 is 24.3. The first-order chi connectivity index (χ1) is 9.74. The number of hydrogen-bond acceptors (Lipinski definition) is 3. The molecule has 0 fully saturated rings. The van der Waals surface area contributed by atoms with E-state index in [-0.39, 0.29) is 5.02 Å². The van der Waals surface area contributed by atoms with Gasteiger partial charge in [0.05, 0.1) is 5.02 Å². The monoisotopic (exact) mass is 293 g/mol. The Morgan fingerprint density at radius 1 is 1.10 bits per heavy atom. The number of hydrogen-bond donors (Lipinski definition) is 1. The number of nitrogens with one attached hydrogen (secondary N) is 1. The quantitative estimate of drug-likeness (QED) is 0.932. The van der Waals surface area contributed by atoms with Crippen LogP contribution in [0.3, 0.4) is 0 Å². The van der Waals surface area contributed by atoms with Crippen molar-refractivity contribution in [1.82, 2.24) is 0 Å². The number of rotatable bonds is 3. The Bertz CT molecular complexity index is 633. The standard InChI is InChI=1S/C15H13ClFNO2/c16-15-10(2-1-3-12(15)17)9-18-11-4-5-13-14(8-11)20-7-6-19-13/h1-5,8,18H,6-7,9H2. The van der Waals surface area contributed by atoms with E-state index in [0.717, 1.165) is 11.4 Å². The molecule has 104 valence electrons. The molecule has 0 saturated carbocycles. The summed E-state index contributed by atoms with van der Waals surface area (Å²) in [6.07, 6.45) is 0. The Morgan fingerprint density at radius 2 is 1.90 bits per heavy atom. The van der Waals surface area contributed by atoms with Gasteiger partial charge in [-0.25, -0.2) is 4.39 Å². The van der Waals surface area contributed by atoms with Crippen LogP contribution in [0.1, 0.15) is 5.56 Å². The molecule has 5 heteroatoms. The van der Waals surface area contributed by atoms with E-state index in [1.165, 1.54) is 6.07 Å². The fraction of sp³-hybridized carbons (Fsp3) is 0.200. The van der Waals surface area contributed by atoms with E-state index < -0.39 is 5.82 Å². The Hall–Kier alpha value is -1.94. The first kappa shape index (κ1) is 13.1. The summed E-state index contributed by atoms with van der Waals surface area (Å²) >= 11 is 5.92.